The molecule has 0 spiro atoms. The van der Waals surface area contributed by atoms with Crippen molar-refractivity contribution in [2.24, 2.45) is 0 Å². The molecule has 0 amide bonds. The SMILES string of the molecule is CCN(CC)C(=N)c1c(F)cccc1F. The van der Waals surface area contributed by atoms with Crippen LogP contribution in [0.25, 0.3) is 0 Å². The quantitative estimate of drug-likeness (QED) is 0.605. The zero-order chi connectivity index (χ0) is 11.4. The first-order valence-electron chi connectivity index (χ1n) is 4.89. The first-order valence-corrected chi connectivity index (χ1v) is 4.89. The van der Waals surface area contributed by atoms with Gasteiger partial charge in [-0.15, -0.1) is 0 Å². The number of rotatable bonds is 3. The van der Waals surface area contributed by atoms with E-state index in [2.05, 4.69) is 0 Å². The lowest BCUT2D eigenvalue weighted by molar-refractivity contribution is 0.456. The second-order valence-electron chi connectivity index (χ2n) is 3.12. The van der Waals surface area contributed by atoms with Gasteiger partial charge in [-0.25, -0.2) is 8.78 Å². The predicted molar refractivity (Wildman–Crippen MR) is 56.1 cm³/mol. The second kappa shape index (κ2) is 4.87. The summed E-state index contributed by atoms with van der Waals surface area (Å²) in [7, 11) is 0. The summed E-state index contributed by atoms with van der Waals surface area (Å²) >= 11 is 0. The molecule has 1 rings (SSSR count). The van der Waals surface area contributed by atoms with Crippen LogP contribution in [0, 0.1) is 17.0 Å². The fourth-order valence-electron chi connectivity index (χ4n) is 1.42. The van der Waals surface area contributed by atoms with Gasteiger partial charge in [0.25, 0.3) is 0 Å². The Kier molecular flexibility index (Phi) is 3.77. The van der Waals surface area contributed by atoms with E-state index in [9.17, 15) is 8.78 Å². The molecule has 0 saturated carbocycles. The fraction of sp³-hybridized carbons (Fsp3) is 0.364. The molecule has 0 atom stereocenters. The van der Waals surface area contributed by atoms with Crippen LogP contribution in [-0.2, 0) is 0 Å². The molecule has 1 N–H and O–H groups in total. The number of benzene rings is 1. The predicted octanol–water partition coefficient (Wildman–Crippen LogP) is 2.63. The van der Waals surface area contributed by atoms with E-state index in [1.165, 1.54) is 6.07 Å². The molecule has 0 unspecified atom stereocenters. The largest absolute Gasteiger partial charge is 0.357 e. The standard InChI is InChI=1S/C11H14F2N2/c1-3-15(4-2)11(14)10-8(12)6-5-7-9(10)13/h5-7,14H,3-4H2,1-2H3. The van der Waals surface area contributed by atoms with Crippen LogP contribution in [0.4, 0.5) is 8.78 Å². The monoisotopic (exact) mass is 212 g/mol. The van der Waals surface area contributed by atoms with Crippen molar-refractivity contribution in [1.29, 1.82) is 5.41 Å². The highest BCUT2D eigenvalue weighted by Gasteiger charge is 2.17. The Bertz CT molecular complexity index is 339. The highest BCUT2D eigenvalue weighted by molar-refractivity contribution is 5.96. The average molecular weight is 212 g/mol. The molecule has 4 heteroatoms. The van der Waals surface area contributed by atoms with Gasteiger partial charge in [-0.1, -0.05) is 6.07 Å². The fourth-order valence-corrected chi connectivity index (χ4v) is 1.42. The van der Waals surface area contributed by atoms with Gasteiger partial charge in [0.2, 0.25) is 0 Å². The van der Waals surface area contributed by atoms with E-state index >= 15 is 0 Å². The maximum absolute atomic E-state index is 13.3. The molecule has 82 valence electrons. The van der Waals surface area contributed by atoms with Gasteiger partial charge in [0, 0.05) is 13.1 Å². The van der Waals surface area contributed by atoms with Crippen LogP contribution in [-0.4, -0.2) is 23.8 Å². The third-order valence-electron chi connectivity index (χ3n) is 2.28. The highest BCUT2D eigenvalue weighted by atomic mass is 19.1. The summed E-state index contributed by atoms with van der Waals surface area (Å²) in [5, 5.41) is 7.71. The van der Waals surface area contributed by atoms with Crippen molar-refractivity contribution in [1.82, 2.24) is 4.90 Å². The van der Waals surface area contributed by atoms with E-state index in [0.29, 0.717) is 13.1 Å². The molecule has 0 fully saturated rings. The summed E-state index contributed by atoms with van der Waals surface area (Å²) in [6, 6.07) is 3.62. The zero-order valence-electron chi connectivity index (χ0n) is 8.85. The molecule has 0 aliphatic rings. The Hall–Kier alpha value is -1.45. The molecule has 0 bridgehead atoms. The topological polar surface area (TPSA) is 27.1 Å². The van der Waals surface area contributed by atoms with Crippen molar-refractivity contribution < 1.29 is 8.78 Å². The Morgan fingerprint density at radius 2 is 1.67 bits per heavy atom. The smallest absolute Gasteiger partial charge is 0.137 e. The highest BCUT2D eigenvalue weighted by Crippen LogP contribution is 2.14. The maximum Gasteiger partial charge on any atom is 0.137 e. The third kappa shape index (κ3) is 2.32. The summed E-state index contributed by atoms with van der Waals surface area (Å²) in [6.07, 6.45) is 0. The van der Waals surface area contributed by atoms with Crippen molar-refractivity contribution in [3.63, 3.8) is 0 Å². The van der Waals surface area contributed by atoms with Gasteiger partial charge >= 0.3 is 0 Å². The Labute approximate surface area is 88.0 Å². The van der Waals surface area contributed by atoms with Crippen molar-refractivity contribution >= 4 is 5.84 Å². The van der Waals surface area contributed by atoms with Crippen LogP contribution in [0.2, 0.25) is 0 Å². The molecule has 0 aliphatic heterocycles. The van der Waals surface area contributed by atoms with Crippen LogP contribution in [0.3, 0.4) is 0 Å². The van der Waals surface area contributed by atoms with Crippen molar-refractivity contribution in [2.75, 3.05) is 13.1 Å². The number of nitrogens with zero attached hydrogens (tertiary/aromatic N) is 1. The van der Waals surface area contributed by atoms with Crippen LogP contribution >= 0.6 is 0 Å². The van der Waals surface area contributed by atoms with Crippen molar-refractivity contribution in [3.8, 4) is 0 Å². The van der Waals surface area contributed by atoms with E-state index in [-0.39, 0.29) is 11.4 Å². The summed E-state index contributed by atoms with van der Waals surface area (Å²) in [4.78, 5) is 1.60. The lowest BCUT2D eigenvalue weighted by Gasteiger charge is -2.22. The van der Waals surface area contributed by atoms with Gasteiger partial charge in [0.1, 0.15) is 17.5 Å². The van der Waals surface area contributed by atoms with E-state index in [4.69, 9.17) is 5.41 Å². The molecule has 2 nitrogen and oxygen atoms in total. The van der Waals surface area contributed by atoms with E-state index < -0.39 is 11.6 Å². The van der Waals surface area contributed by atoms with Gasteiger partial charge in [-0.3, -0.25) is 5.41 Å². The van der Waals surface area contributed by atoms with Crippen LogP contribution in [0.1, 0.15) is 19.4 Å². The second-order valence-corrected chi connectivity index (χ2v) is 3.12. The average Bonchev–Trinajstić information content (AvgIpc) is 2.19. The number of halogens is 2. The van der Waals surface area contributed by atoms with Crippen LogP contribution in [0.5, 0.6) is 0 Å². The third-order valence-corrected chi connectivity index (χ3v) is 2.28. The van der Waals surface area contributed by atoms with Crippen molar-refractivity contribution in [3.05, 3.63) is 35.4 Å². The van der Waals surface area contributed by atoms with Crippen LogP contribution in [0.15, 0.2) is 18.2 Å². The summed E-state index contributed by atoms with van der Waals surface area (Å²) in [5.41, 5.74) is -0.249. The molecule has 15 heavy (non-hydrogen) atoms. The first kappa shape index (κ1) is 11.6. The molecular weight excluding hydrogens is 198 g/mol. The minimum atomic E-state index is -0.688. The molecule has 0 saturated heterocycles. The maximum atomic E-state index is 13.3. The molecule has 0 aliphatic carbocycles. The number of amidine groups is 1. The van der Waals surface area contributed by atoms with Gasteiger partial charge in [-0.05, 0) is 26.0 Å². The van der Waals surface area contributed by atoms with E-state index in [1.807, 2.05) is 13.8 Å². The van der Waals surface area contributed by atoms with Gasteiger partial charge < -0.3 is 4.90 Å². The van der Waals surface area contributed by atoms with Crippen LogP contribution < -0.4 is 0 Å². The Morgan fingerprint density at radius 3 is 2.07 bits per heavy atom. The molecule has 0 heterocycles. The number of hydrogen-bond acceptors (Lipinski definition) is 1. The molecule has 1 aromatic carbocycles. The summed E-state index contributed by atoms with van der Waals surface area (Å²) in [6.45, 7) is 4.81. The Balaban J connectivity index is 3.10. The summed E-state index contributed by atoms with van der Waals surface area (Å²) < 4.78 is 26.7. The van der Waals surface area contributed by atoms with E-state index in [1.54, 1.807) is 4.90 Å². The number of hydrogen-bond donors (Lipinski definition) is 1. The Morgan fingerprint density at radius 1 is 1.20 bits per heavy atom. The molecule has 0 radical (unpaired) electrons. The minimum absolute atomic E-state index is 0.101. The molecule has 1 aromatic rings. The van der Waals surface area contributed by atoms with E-state index in [0.717, 1.165) is 12.1 Å². The lowest BCUT2D eigenvalue weighted by Crippen LogP contribution is -2.31. The normalized spacial score (nSPS) is 10.1. The lowest BCUT2D eigenvalue weighted by atomic mass is 10.1. The van der Waals surface area contributed by atoms with Gasteiger partial charge in [0.05, 0.1) is 5.56 Å². The molecule has 0 aromatic heterocycles. The van der Waals surface area contributed by atoms with Gasteiger partial charge in [-0.2, -0.15) is 0 Å². The van der Waals surface area contributed by atoms with Crippen molar-refractivity contribution in [2.45, 2.75) is 13.8 Å². The minimum Gasteiger partial charge on any atom is -0.357 e. The van der Waals surface area contributed by atoms with Gasteiger partial charge in [0.15, 0.2) is 0 Å². The summed E-state index contributed by atoms with van der Waals surface area (Å²) in [5.74, 6) is -1.48. The number of nitrogens with one attached hydrogen (secondary N) is 1. The first-order chi connectivity index (χ1) is 7.11. The molecular formula is C11H14F2N2. The zero-order valence-corrected chi connectivity index (χ0v) is 8.85.